The van der Waals surface area contributed by atoms with E-state index < -0.39 is 22.5 Å². The molecule has 3 rings (SSSR count). The van der Waals surface area contributed by atoms with Crippen molar-refractivity contribution >= 4 is 40.9 Å². The van der Waals surface area contributed by atoms with Crippen LogP contribution in [0.5, 0.6) is 0 Å². The lowest BCUT2D eigenvalue weighted by atomic mass is 10.1. The van der Waals surface area contributed by atoms with Crippen LogP contribution in [0.1, 0.15) is 23.1 Å². The van der Waals surface area contributed by atoms with Gasteiger partial charge in [-0.1, -0.05) is 23.9 Å². The van der Waals surface area contributed by atoms with E-state index in [1.54, 1.807) is 26.1 Å². The third kappa shape index (κ3) is 2.76. The Kier molecular flexibility index (Phi) is 4.03. The molecule has 0 spiro atoms. The average Bonchev–Trinajstić information content (AvgIpc) is 2.84. The summed E-state index contributed by atoms with van der Waals surface area (Å²) in [5.74, 6) is -1.74. The maximum absolute atomic E-state index is 12.9. The molecule has 0 fully saturated rings. The number of amides is 3. The monoisotopic (exact) mass is 359 g/mol. The Morgan fingerprint density at radius 2 is 2.04 bits per heavy atom. The van der Waals surface area contributed by atoms with Crippen molar-refractivity contribution in [2.45, 2.75) is 23.5 Å². The Labute approximate surface area is 148 Å². The van der Waals surface area contributed by atoms with E-state index in [-0.39, 0.29) is 11.4 Å². The molecule has 25 heavy (non-hydrogen) atoms. The summed E-state index contributed by atoms with van der Waals surface area (Å²) in [6.07, 6.45) is 0. The molecule has 0 bridgehead atoms. The van der Waals surface area contributed by atoms with Gasteiger partial charge in [0.2, 0.25) is 11.8 Å². The lowest BCUT2D eigenvalue weighted by molar-refractivity contribution is -0.126. The van der Waals surface area contributed by atoms with Crippen molar-refractivity contribution in [3.63, 3.8) is 0 Å². The number of benzene rings is 1. The van der Waals surface area contributed by atoms with Gasteiger partial charge in [0, 0.05) is 11.9 Å². The van der Waals surface area contributed by atoms with Gasteiger partial charge in [-0.05, 0) is 26.0 Å². The van der Waals surface area contributed by atoms with Crippen molar-refractivity contribution in [2.75, 3.05) is 10.6 Å². The highest BCUT2D eigenvalue weighted by Gasteiger charge is 2.46. The number of hydrogen-bond acceptors (Lipinski definition) is 5. The summed E-state index contributed by atoms with van der Waals surface area (Å²) >= 11 is 1.15. The first kappa shape index (κ1) is 17.0. The highest BCUT2D eigenvalue weighted by molar-refractivity contribution is 8.02. The molecular formula is C16H17N5O3S. The van der Waals surface area contributed by atoms with E-state index in [0.717, 1.165) is 16.7 Å². The van der Waals surface area contributed by atoms with Crippen LogP contribution in [0, 0.1) is 6.92 Å². The van der Waals surface area contributed by atoms with E-state index in [0.29, 0.717) is 11.4 Å². The molecule has 1 aromatic heterocycles. The number of carbonyl (C=O) groups excluding carboxylic acids is 3. The van der Waals surface area contributed by atoms with Crippen molar-refractivity contribution in [1.29, 1.82) is 0 Å². The summed E-state index contributed by atoms with van der Waals surface area (Å²) in [4.78, 5) is 37.7. The molecule has 4 N–H and O–H groups in total. The van der Waals surface area contributed by atoms with E-state index in [4.69, 9.17) is 5.73 Å². The minimum absolute atomic E-state index is 0.0430. The first-order valence-electron chi connectivity index (χ1n) is 7.48. The van der Waals surface area contributed by atoms with Crippen LogP contribution in [-0.2, 0) is 16.6 Å². The van der Waals surface area contributed by atoms with Gasteiger partial charge in [0.1, 0.15) is 0 Å². The van der Waals surface area contributed by atoms with Gasteiger partial charge in [-0.3, -0.25) is 19.1 Å². The molecule has 1 aliphatic rings. The number of aromatic nitrogens is 2. The predicted molar refractivity (Wildman–Crippen MR) is 94.4 cm³/mol. The zero-order valence-electron chi connectivity index (χ0n) is 13.9. The third-order valence-corrected chi connectivity index (χ3v) is 5.48. The number of nitrogens with one attached hydrogen (secondary N) is 2. The van der Waals surface area contributed by atoms with Gasteiger partial charge in [0.05, 0.1) is 17.1 Å². The second-order valence-electron chi connectivity index (χ2n) is 5.84. The fourth-order valence-electron chi connectivity index (χ4n) is 2.48. The fourth-order valence-corrected chi connectivity index (χ4v) is 3.58. The van der Waals surface area contributed by atoms with Crippen molar-refractivity contribution in [3.8, 4) is 0 Å². The number of primary amides is 1. The molecule has 2 heterocycles. The smallest absolute Gasteiger partial charge is 0.271 e. The van der Waals surface area contributed by atoms with Crippen molar-refractivity contribution in [1.82, 2.24) is 9.78 Å². The summed E-state index contributed by atoms with van der Waals surface area (Å²) in [5.41, 5.74) is 6.72. The van der Waals surface area contributed by atoms with Crippen molar-refractivity contribution < 1.29 is 14.4 Å². The number of thioether (sulfide) groups is 1. The molecule has 1 aliphatic heterocycles. The van der Waals surface area contributed by atoms with Crippen LogP contribution in [0.15, 0.2) is 29.2 Å². The van der Waals surface area contributed by atoms with E-state index in [1.165, 1.54) is 11.6 Å². The van der Waals surface area contributed by atoms with Crippen LogP contribution < -0.4 is 16.4 Å². The molecule has 0 saturated carbocycles. The Bertz CT molecular complexity index is 907. The number of rotatable bonds is 3. The lowest BCUT2D eigenvalue weighted by Crippen LogP contribution is -2.49. The maximum Gasteiger partial charge on any atom is 0.271 e. The average molecular weight is 359 g/mol. The van der Waals surface area contributed by atoms with Crippen LogP contribution in [0.25, 0.3) is 0 Å². The molecule has 0 radical (unpaired) electrons. The number of nitrogens with zero attached hydrogens (tertiary/aromatic N) is 2. The first-order valence-corrected chi connectivity index (χ1v) is 8.30. The van der Waals surface area contributed by atoms with Crippen LogP contribution in [0.2, 0.25) is 0 Å². The number of hydrogen-bond donors (Lipinski definition) is 3. The van der Waals surface area contributed by atoms with E-state index in [9.17, 15) is 14.4 Å². The topological polar surface area (TPSA) is 119 Å². The van der Waals surface area contributed by atoms with Gasteiger partial charge in [-0.2, -0.15) is 5.10 Å². The summed E-state index contributed by atoms with van der Waals surface area (Å²) in [5, 5.41) is 9.39. The number of carbonyl (C=O) groups is 3. The van der Waals surface area contributed by atoms with E-state index in [2.05, 4.69) is 15.7 Å². The van der Waals surface area contributed by atoms with Crippen molar-refractivity contribution in [2.24, 2.45) is 12.8 Å². The molecule has 1 aromatic carbocycles. The Morgan fingerprint density at radius 3 is 2.72 bits per heavy atom. The van der Waals surface area contributed by atoms with Gasteiger partial charge in [0.15, 0.2) is 10.4 Å². The second kappa shape index (κ2) is 5.92. The maximum atomic E-state index is 12.9. The largest absolute Gasteiger partial charge is 0.364 e. The zero-order chi connectivity index (χ0) is 18.4. The molecule has 9 heteroatoms. The third-order valence-electron chi connectivity index (χ3n) is 4.12. The number of aryl methyl sites for hydroxylation is 1. The highest BCUT2D eigenvalue weighted by atomic mass is 32.2. The molecule has 130 valence electrons. The van der Waals surface area contributed by atoms with Crippen molar-refractivity contribution in [3.05, 3.63) is 35.7 Å². The van der Waals surface area contributed by atoms with Crippen LogP contribution in [0.3, 0.4) is 0 Å². The molecule has 3 amide bonds. The van der Waals surface area contributed by atoms with Crippen LogP contribution in [-0.4, -0.2) is 32.2 Å². The molecule has 0 saturated heterocycles. The quantitative estimate of drug-likeness (QED) is 0.713. The molecule has 2 aromatic rings. The first-order chi connectivity index (χ1) is 11.7. The summed E-state index contributed by atoms with van der Waals surface area (Å²) in [7, 11) is 1.64. The number of para-hydroxylation sites is 1. The fraction of sp³-hybridized carbons (Fsp3) is 0.250. The van der Waals surface area contributed by atoms with Gasteiger partial charge < -0.3 is 16.4 Å². The Hall–Kier alpha value is -2.81. The summed E-state index contributed by atoms with van der Waals surface area (Å²) in [6.45, 7) is 3.23. The molecule has 8 nitrogen and oxygen atoms in total. The molecule has 1 atom stereocenters. The highest BCUT2D eigenvalue weighted by Crippen LogP contribution is 2.43. The van der Waals surface area contributed by atoms with E-state index >= 15 is 0 Å². The van der Waals surface area contributed by atoms with Crippen LogP contribution in [0.4, 0.5) is 11.4 Å². The van der Waals surface area contributed by atoms with Gasteiger partial charge in [0.25, 0.3) is 5.91 Å². The molecular weight excluding hydrogens is 342 g/mol. The minimum atomic E-state index is -1.40. The number of fused-ring (bicyclic) bond motifs is 1. The molecule has 1 unspecified atom stereocenters. The van der Waals surface area contributed by atoms with Gasteiger partial charge in [-0.25, -0.2) is 0 Å². The second-order valence-corrected chi connectivity index (χ2v) is 7.30. The summed E-state index contributed by atoms with van der Waals surface area (Å²) < 4.78 is 0.0486. The standard InChI is InChI=1S/C16H17N5O3S/c1-8-11(12(13(17)22)20-21(8)3)19-15(24)16(2)14(23)18-9-6-4-5-7-10(9)25-16/h4-7H,1-3H3,(H2,17,22)(H,18,23)(H,19,24). The Morgan fingerprint density at radius 1 is 1.36 bits per heavy atom. The number of nitrogens with two attached hydrogens (primary N) is 1. The zero-order valence-corrected chi connectivity index (χ0v) is 14.7. The SMILES string of the molecule is Cc1c(NC(=O)C2(C)Sc3ccccc3NC2=O)c(C(N)=O)nn1C. The van der Waals surface area contributed by atoms with Gasteiger partial charge >= 0.3 is 0 Å². The molecule has 0 aliphatic carbocycles. The normalized spacial score (nSPS) is 19.1. The summed E-state index contributed by atoms with van der Waals surface area (Å²) in [6, 6.07) is 7.24. The van der Waals surface area contributed by atoms with Crippen LogP contribution >= 0.6 is 11.8 Å². The number of anilines is 2. The van der Waals surface area contributed by atoms with Gasteiger partial charge in [-0.15, -0.1) is 0 Å². The lowest BCUT2D eigenvalue weighted by Gasteiger charge is -2.31. The predicted octanol–water partition coefficient (Wildman–Crippen LogP) is 1.27. The Balaban J connectivity index is 1.94. The van der Waals surface area contributed by atoms with E-state index in [1.807, 2.05) is 12.1 Å². The minimum Gasteiger partial charge on any atom is -0.364 e.